The van der Waals surface area contributed by atoms with Crippen LogP contribution in [0.25, 0.3) is 0 Å². The average Bonchev–Trinajstić information content (AvgIpc) is 3.73. The zero-order valence-electron chi connectivity index (χ0n) is 19.5. The molecule has 3 N–H and O–H groups in total. The second-order valence-electron chi connectivity index (χ2n) is 8.84. The van der Waals surface area contributed by atoms with Crippen LogP contribution in [0.5, 0.6) is 0 Å². The summed E-state index contributed by atoms with van der Waals surface area (Å²) in [5, 5.41) is 8.27. The highest BCUT2D eigenvalue weighted by Crippen LogP contribution is 2.30. The lowest BCUT2D eigenvalue weighted by Crippen LogP contribution is -2.36. The van der Waals surface area contributed by atoms with E-state index in [-0.39, 0.29) is 41.6 Å². The maximum absolute atomic E-state index is 12.7. The first-order chi connectivity index (χ1) is 16.8. The molecule has 1 aliphatic heterocycles. The van der Waals surface area contributed by atoms with Gasteiger partial charge in [-0.05, 0) is 74.2 Å². The van der Waals surface area contributed by atoms with E-state index in [0.717, 1.165) is 32.1 Å². The summed E-state index contributed by atoms with van der Waals surface area (Å²) in [5.41, 5.74) is 1.45. The molecule has 35 heavy (non-hydrogen) atoms. The van der Waals surface area contributed by atoms with Crippen molar-refractivity contribution in [2.75, 3.05) is 31.5 Å². The van der Waals surface area contributed by atoms with Gasteiger partial charge < -0.3 is 16.0 Å². The molecule has 1 aliphatic carbocycles. The van der Waals surface area contributed by atoms with Gasteiger partial charge in [-0.15, -0.1) is 0 Å². The molecule has 2 fully saturated rings. The fourth-order valence-corrected chi connectivity index (χ4v) is 5.40. The Morgan fingerprint density at radius 2 is 1.29 bits per heavy atom. The SMILES string of the molecule is O=C(NCCNC(=O)c1ccc(S(=O)(=O)N2CCCCC2)cc1)c1ccc(NC(=O)C2CC2)cc1. The zero-order chi connectivity index (χ0) is 24.8. The summed E-state index contributed by atoms with van der Waals surface area (Å²) in [6.45, 7) is 1.49. The number of nitrogens with one attached hydrogen (secondary N) is 3. The Kier molecular flexibility index (Phi) is 7.82. The summed E-state index contributed by atoms with van der Waals surface area (Å²) in [6.07, 6.45) is 4.61. The third-order valence-electron chi connectivity index (χ3n) is 6.13. The summed E-state index contributed by atoms with van der Waals surface area (Å²) in [7, 11) is -3.54. The van der Waals surface area contributed by atoms with Crippen molar-refractivity contribution < 1.29 is 22.8 Å². The average molecular weight is 499 g/mol. The number of benzene rings is 2. The van der Waals surface area contributed by atoms with Crippen LogP contribution in [0.1, 0.15) is 52.8 Å². The van der Waals surface area contributed by atoms with Crippen LogP contribution in [-0.2, 0) is 14.8 Å². The normalized spacial score (nSPS) is 16.3. The first kappa shape index (κ1) is 24.9. The summed E-state index contributed by atoms with van der Waals surface area (Å²) in [6, 6.07) is 12.5. The molecular formula is C25H30N4O5S. The molecule has 2 aromatic rings. The van der Waals surface area contributed by atoms with Crippen LogP contribution >= 0.6 is 0 Å². The minimum atomic E-state index is -3.54. The second kappa shape index (κ2) is 11.0. The Morgan fingerprint density at radius 3 is 1.80 bits per heavy atom. The van der Waals surface area contributed by atoms with Gasteiger partial charge in [0.15, 0.2) is 0 Å². The number of sulfonamides is 1. The Labute approximate surface area is 205 Å². The van der Waals surface area contributed by atoms with E-state index < -0.39 is 10.0 Å². The topological polar surface area (TPSA) is 125 Å². The summed E-state index contributed by atoms with van der Waals surface area (Å²) < 4.78 is 26.9. The number of anilines is 1. The number of rotatable bonds is 9. The van der Waals surface area contributed by atoms with E-state index in [1.807, 2.05) is 0 Å². The van der Waals surface area contributed by atoms with Gasteiger partial charge in [-0.25, -0.2) is 8.42 Å². The molecule has 10 heteroatoms. The van der Waals surface area contributed by atoms with E-state index in [1.165, 1.54) is 28.6 Å². The van der Waals surface area contributed by atoms with E-state index >= 15 is 0 Å². The highest BCUT2D eigenvalue weighted by molar-refractivity contribution is 7.89. The van der Waals surface area contributed by atoms with Crippen molar-refractivity contribution in [2.45, 2.75) is 37.0 Å². The number of amides is 3. The van der Waals surface area contributed by atoms with Crippen molar-refractivity contribution >= 4 is 33.4 Å². The highest BCUT2D eigenvalue weighted by Gasteiger charge is 2.29. The molecule has 1 heterocycles. The molecule has 2 aromatic carbocycles. The van der Waals surface area contributed by atoms with Crippen molar-refractivity contribution in [2.24, 2.45) is 5.92 Å². The van der Waals surface area contributed by atoms with Gasteiger partial charge in [0.1, 0.15) is 0 Å². The molecule has 0 aromatic heterocycles. The predicted octanol–water partition coefficient (Wildman–Crippen LogP) is 2.37. The van der Waals surface area contributed by atoms with Crippen molar-refractivity contribution in [3.63, 3.8) is 0 Å². The lowest BCUT2D eigenvalue weighted by atomic mass is 10.2. The summed E-state index contributed by atoms with van der Waals surface area (Å²) in [5.74, 6) is -0.515. The van der Waals surface area contributed by atoms with E-state index in [2.05, 4.69) is 16.0 Å². The molecule has 2 aliphatic rings. The van der Waals surface area contributed by atoms with Gasteiger partial charge >= 0.3 is 0 Å². The van der Waals surface area contributed by atoms with Crippen LogP contribution in [-0.4, -0.2) is 56.6 Å². The number of piperidine rings is 1. The van der Waals surface area contributed by atoms with Crippen molar-refractivity contribution in [1.82, 2.24) is 14.9 Å². The zero-order valence-corrected chi connectivity index (χ0v) is 20.3. The number of nitrogens with zero attached hydrogens (tertiary/aromatic N) is 1. The smallest absolute Gasteiger partial charge is 0.251 e. The lowest BCUT2D eigenvalue weighted by Gasteiger charge is -2.25. The fraction of sp³-hybridized carbons (Fsp3) is 0.400. The summed E-state index contributed by atoms with van der Waals surface area (Å²) >= 11 is 0. The first-order valence-corrected chi connectivity index (χ1v) is 13.4. The summed E-state index contributed by atoms with van der Waals surface area (Å²) in [4.78, 5) is 36.7. The van der Waals surface area contributed by atoms with E-state index in [0.29, 0.717) is 29.9 Å². The van der Waals surface area contributed by atoms with Gasteiger partial charge in [0.05, 0.1) is 4.90 Å². The van der Waals surface area contributed by atoms with E-state index in [1.54, 1.807) is 24.3 Å². The molecule has 0 radical (unpaired) electrons. The maximum atomic E-state index is 12.7. The molecule has 0 unspecified atom stereocenters. The van der Waals surface area contributed by atoms with Crippen LogP contribution in [0.15, 0.2) is 53.4 Å². The molecule has 4 rings (SSSR count). The van der Waals surface area contributed by atoms with Gasteiger partial charge in [0.2, 0.25) is 15.9 Å². The van der Waals surface area contributed by atoms with E-state index in [9.17, 15) is 22.8 Å². The van der Waals surface area contributed by atoms with Crippen molar-refractivity contribution in [1.29, 1.82) is 0 Å². The maximum Gasteiger partial charge on any atom is 0.251 e. The van der Waals surface area contributed by atoms with Crippen molar-refractivity contribution in [3.05, 3.63) is 59.7 Å². The molecule has 9 nitrogen and oxygen atoms in total. The third-order valence-corrected chi connectivity index (χ3v) is 8.04. The van der Waals surface area contributed by atoms with Gasteiger partial charge in [-0.3, -0.25) is 14.4 Å². The Balaban J connectivity index is 1.21. The molecule has 0 spiro atoms. The van der Waals surface area contributed by atoms with Crippen LogP contribution < -0.4 is 16.0 Å². The van der Waals surface area contributed by atoms with Crippen LogP contribution in [0.3, 0.4) is 0 Å². The minimum absolute atomic E-state index is 0.0104. The van der Waals surface area contributed by atoms with Crippen molar-refractivity contribution in [3.8, 4) is 0 Å². The van der Waals surface area contributed by atoms with Gasteiger partial charge in [0, 0.05) is 48.9 Å². The molecule has 3 amide bonds. The highest BCUT2D eigenvalue weighted by atomic mass is 32.2. The van der Waals surface area contributed by atoms with E-state index in [4.69, 9.17) is 0 Å². The van der Waals surface area contributed by atoms with Gasteiger partial charge in [0.25, 0.3) is 11.8 Å². The standard InChI is InChI=1S/C25H30N4O5S/c30-23(18-6-10-21(11-7-18)28-25(32)20-4-5-20)26-14-15-27-24(31)19-8-12-22(13-9-19)35(33,34)29-16-2-1-3-17-29/h6-13,20H,1-5,14-17H2,(H,26,30)(H,27,31)(H,28,32). The molecule has 0 atom stereocenters. The largest absolute Gasteiger partial charge is 0.350 e. The number of carbonyl (C=O) groups is 3. The molecular weight excluding hydrogens is 468 g/mol. The monoisotopic (exact) mass is 498 g/mol. The number of hydrogen-bond donors (Lipinski definition) is 3. The molecule has 186 valence electrons. The lowest BCUT2D eigenvalue weighted by molar-refractivity contribution is -0.117. The van der Waals surface area contributed by atoms with Crippen LogP contribution in [0.2, 0.25) is 0 Å². The van der Waals surface area contributed by atoms with Crippen LogP contribution in [0, 0.1) is 5.92 Å². The second-order valence-corrected chi connectivity index (χ2v) is 10.8. The number of hydrogen-bond acceptors (Lipinski definition) is 5. The molecule has 0 bridgehead atoms. The Morgan fingerprint density at radius 1 is 0.771 bits per heavy atom. The Hall–Kier alpha value is -3.24. The fourth-order valence-electron chi connectivity index (χ4n) is 3.88. The quantitative estimate of drug-likeness (QED) is 0.458. The molecule has 1 saturated carbocycles. The molecule has 1 saturated heterocycles. The van der Waals surface area contributed by atoms with Gasteiger partial charge in [-0.1, -0.05) is 6.42 Å². The number of carbonyl (C=O) groups excluding carboxylic acids is 3. The third kappa shape index (κ3) is 6.46. The predicted molar refractivity (Wildman–Crippen MR) is 132 cm³/mol. The van der Waals surface area contributed by atoms with Crippen LogP contribution in [0.4, 0.5) is 5.69 Å². The Bertz CT molecular complexity index is 1170. The first-order valence-electron chi connectivity index (χ1n) is 11.9. The van der Waals surface area contributed by atoms with Gasteiger partial charge in [-0.2, -0.15) is 4.31 Å². The minimum Gasteiger partial charge on any atom is -0.350 e.